The number of thiocarbonyl (C=S) groups is 1. The van der Waals surface area contributed by atoms with Gasteiger partial charge in [-0.3, -0.25) is 9.59 Å². The Morgan fingerprint density at radius 1 is 1.39 bits per heavy atom. The van der Waals surface area contributed by atoms with Crippen molar-refractivity contribution in [2.45, 2.75) is 37.7 Å². The van der Waals surface area contributed by atoms with E-state index in [9.17, 15) is 27.2 Å². The molecule has 0 aliphatic heterocycles. The summed E-state index contributed by atoms with van der Waals surface area (Å²) in [5, 5.41) is 13.5. The maximum absolute atomic E-state index is 13.8. The molecule has 2 amide bonds. The monoisotopic (exact) mass is 463 g/mol. The van der Waals surface area contributed by atoms with Crippen LogP contribution in [0.4, 0.5) is 23.4 Å². The molecule has 0 bridgehead atoms. The van der Waals surface area contributed by atoms with E-state index in [0.717, 1.165) is 5.37 Å². The smallest absolute Gasteiger partial charge is 0.412 e. The molecule has 0 radical (unpaired) electrons. The number of carbonyl (C=O) groups is 2. The van der Waals surface area contributed by atoms with Gasteiger partial charge in [0.1, 0.15) is 17.8 Å². The molecule has 8 nitrogen and oxygen atoms in total. The highest BCUT2D eigenvalue weighted by Gasteiger charge is 2.40. The number of furan rings is 1. The molecule has 3 unspecified atom stereocenters. The van der Waals surface area contributed by atoms with E-state index in [1.54, 1.807) is 7.05 Å². The first-order valence-corrected chi connectivity index (χ1v) is 9.63. The molecule has 0 saturated heterocycles. The number of nitrogens with one attached hydrogen (secondary N) is 3. The average molecular weight is 463 g/mol. The van der Waals surface area contributed by atoms with Crippen LogP contribution in [0, 0.1) is 5.92 Å². The molecule has 1 aromatic rings. The van der Waals surface area contributed by atoms with Crippen molar-refractivity contribution >= 4 is 35.3 Å². The zero-order valence-electron chi connectivity index (χ0n) is 16.6. The molecule has 1 aromatic heterocycles. The summed E-state index contributed by atoms with van der Waals surface area (Å²) in [5.74, 6) is -1.78. The largest absolute Gasteiger partial charge is 0.448 e. The zero-order valence-corrected chi connectivity index (χ0v) is 17.4. The number of allylic oxidation sites excluding steroid dienone is 2. The van der Waals surface area contributed by atoms with Gasteiger partial charge in [0, 0.05) is 30.6 Å². The average Bonchev–Trinajstić information content (AvgIpc) is 3.11. The van der Waals surface area contributed by atoms with Crippen molar-refractivity contribution in [1.29, 1.82) is 0 Å². The Morgan fingerprint density at radius 3 is 2.68 bits per heavy atom. The van der Waals surface area contributed by atoms with Crippen LogP contribution in [0.5, 0.6) is 0 Å². The minimum absolute atomic E-state index is 0.150. The maximum atomic E-state index is 13.8. The van der Waals surface area contributed by atoms with E-state index in [1.165, 1.54) is 13.3 Å². The molecule has 0 fully saturated rings. The summed E-state index contributed by atoms with van der Waals surface area (Å²) in [7, 11) is 2.96. The van der Waals surface area contributed by atoms with Crippen LogP contribution in [0.1, 0.15) is 28.8 Å². The summed E-state index contributed by atoms with van der Waals surface area (Å²) < 4.78 is 57.8. The zero-order chi connectivity index (χ0) is 23.2. The minimum Gasteiger partial charge on any atom is -0.448 e. The number of amides is 2. The number of alkyl halides is 4. The van der Waals surface area contributed by atoms with E-state index < -0.39 is 48.1 Å². The van der Waals surface area contributed by atoms with Crippen LogP contribution in [-0.2, 0) is 11.2 Å². The van der Waals surface area contributed by atoms with E-state index in [1.807, 2.05) is 0 Å². The fourth-order valence-electron chi connectivity index (χ4n) is 3.16. The Balaban J connectivity index is 2.02. The van der Waals surface area contributed by atoms with Crippen LogP contribution in [0.2, 0.25) is 0 Å². The van der Waals surface area contributed by atoms with E-state index in [4.69, 9.17) is 16.6 Å². The molecular weight excluding hydrogens is 442 g/mol. The van der Waals surface area contributed by atoms with E-state index in [2.05, 4.69) is 26.4 Å². The van der Waals surface area contributed by atoms with Crippen LogP contribution in [0.3, 0.4) is 0 Å². The molecule has 2 rings (SSSR count). The fourth-order valence-corrected chi connectivity index (χ4v) is 3.43. The normalized spacial score (nSPS) is 20.1. The summed E-state index contributed by atoms with van der Waals surface area (Å²) in [6, 6.07) is -0.995. The lowest BCUT2D eigenvalue weighted by molar-refractivity contribution is -0.120. The van der Waals surface area contributed by atoms with Crippen LogP contribution >= 0.6 is 12.2 Å². The maximum Gasteiger partial charge on any atom is 0.412 e. The summed E-state index contributed by atoms with van der Waals surface area (Å²) in [6.45, 7) is 0. The van der Waals surface area contributed by atoms with Crippen LogP contribution in [0.25, 0.3) is 0 Å². The predicted molar refractivity (Wildman–Crippen MR) is 108 cm³/mol. The van der Waals surface area contributed by atoms with Crippen molar-refractivity contribution < 1.29 is 31.6 Å². The van der Waals surface area contributed by atoms with Gasteiger partial charge >= 0.3 is 6.18 Å². The Morgan fingerprint density at radius 2 is 2.10 bits per heavy atom. The first kappa shape index (κ1) is 24.4. The van der Waals surface area contributed by atoms with Gasteiger partial charge in [-0.1, -0.05) is 17.4 Å². The number of carbonyl (C=O) groups excluding carboxylic acids is 2. The number of anilines is 1. The lowest BCUT2D eigenvalue weighted by atomic mass is 9.83. The van der Waals surface area contributed by atoms with Crippen LogP contribution in [0.15, 0.2) is 32.7 Å². The Hall–Kier alpha value is -2.83. The standard InChI is InChI=1S/C18H21F4N5O3S/c1-23-16(29)15-10(7-30-17(15)24-2)5-14(28)26-27-25-13(8-31)9-3-11(18(20,21)22)6-12(19)4-9/h6-9,12-13,24H,3-5H2,1-2H3,(H,23,29)(H,25,26,28). The first-order valence-electron chi connectivity index (χ1n) is 9.16. The highest BCUT2D eigenvalue weighted by Crippen LogP contribution is 2.38. The quantitative estimate of drug-likeness (QED) is 0.180. The van der Waals surface area contributed by atoms with Gasteiger partial charge < -0.3 is 15.1 Å². The third kappa shape index (κ3) is 6.32. The molecule has 170 valence electrons. The van der Waals surface area contributed by atoms with E-state index >= 15 is 0 Å². The Labute approximate surface area is 180 Å². The molecule has 1 aliphatic carbocycles. The van der Waals surface area contributed by atoms with Gasteiger partial charge in [-0.15, -0.1) is 0 Å². The molecule has 1 aliphatic rings. The molecule has 31 heavy (non-hydrogen) atoms. The SMILES string of the molecule is CNC(=O)c1c(CC(=O)NN=NC(C=S)C2CC(C(F)(F)F)=CC(F)C2)coc1NC. The van der Waals surface area contributed by atoms with Crippen molar-refractivity contribution in [2.75, 3.05) is 19.4 Å². The second kappa shape index (κ2) is 10.5. The summed E-state index contributed by atoms with van der Waals surface area (Å²) in [6.07, 6.45) is -5.53. The number of halogens is 4. The molecule has 0 saturated carbocycles. The van der Waals surface area contributed by atoms with Gasteiger partial charge in [0.25, 0.3) is 5.91 Å². The third-order valence-corrected chi connectivity index (χ3v) is 4.92. The fraction of sp³-hybridized carbons (Fsp3) is 0.500. The van der Waals surface area contributed by atoms with Gasteiger partial charge in [0.15, 0.2) is 0 Å². The number of hydrogen-bond acceptors (Lipinski definition) is 7. The van der Waals surface area contributed by atoms with Crippen molar-refractivity contribution in [2.24, 2.45) is 16.3 Å². The van der Waals surface area contributed by atoms with Crippen molar-refractivity contribution in [3.05, 3.63) is 29.0 Å². The summed E-state index contributed by atoms with van der Waals surface area (Å²) in [5.41, 5.74) is 1.59. The molecule has 0 aromatic carbocycles. The first-order chi connectivity index (χ1) is 14.6. The van der Waals surface area contributed by atoms with Crippen LogP contribution in [-0.4, -0.2) is 49.7 Å². The molecule has 1 heterocycles. The molecular formula is C18H21F4N5O3S. The number of nitrogens with zero attached hydrogens (tertiary/aromatic N) is 2. The topological polar surface area (TPSA) is 108 Å². The Bertz CT molecular complexity index is 884. The molecule has 0 spiro atoms. The van der Waals surface area contributed by atoms with Crippen molar-refractivity contribution in [1.82, 2.24) is 10.7 Å². The highest BCUT2D eigenvalue weighted by atomic mass is 32.1. The molecule has 3 atom stereocenters. The summed E-state index contributed by atoms with van der Waals surface area (Å²) >= 11 is 4.81. The van der Waals surface area contributed by atoms with Gasteiger partial charge in [0.05, 0.1) is 12.7 Å². The lowest BCUT2D eigenvalue weighted by Gasteiger charge is -2.28. The highest BCUT2D eigenvalue weighted by molar-refractivity contribution is 7.79. The number of rotatable bonds is 8. The predicted octanol–water partition coefficient (Wildman–Crippen LogP) is 3.31. The summed E-state index contributed by atoms with van der Waals surface area (Å²) in [4.78, 5) is 24.1. The second-order valence-corrected chi connectivity index (χ2v) is 7.03. The van der Waals surface area contributed by atoms with Crippen LogP contribution < -0.4 is 16.1 Å². The van der Waals surface area contributed by atoms with Gasteiger partial charge in [0.2, 0.25) is 11.8 Å². The molecule has 13 heteroatoms. The molecule has 3 N–H and O–H groups in total. The van der Waals surface area contributed by atoms with Crippen molar-refractivity contribution in [3.8, 4) is 0 Å². The third-order valence-electron chi connectivity index (χ3n) is 4.64. The lowest BCUT2D eigenvalue weighted by Crippen LogP contribution is -2.30. The van der Waals surface area contributed by atoms with Gasteiger partial charge in [-0.2, -0.15) is 18.3 Å². The Kier molecular flexibility index (Phi) is 8.25. The van der Waals surface area contributed by atoms with E-state index in [0.29, 0.717) is 6.08 Å². The van der Waals surface area contributed by atoms with Crippen molar-refractivity contribution in [3.63, 3.8) is 0 Å². The van der Waals surface area contributed by atoms with Gasteiger partial charge in [-0.25, -0.2) is 9.82 Å². The second-order valence-electron chi connectivity index (χ2n) is 6.75. The number of hydrogen-bond donors (Lipinski definition) is 3. The van der Waals surface area contributed by atoms with Gasteiger partial charge in [-0.05, 0) is 24.8 Å². The van der Waals surface area contributed by atoms with E-state index in [-0.39, 0.29) is 29.9 Å². The minimum atomic E-state index is -4.64.